The Morgan fingerprint density at radius 2 is 1.16 bits per heavy atom. The van der Waals surface area contributed by atoms with Gasteiger partial charge in [-0.3, -0.25) is 0 Å². The fourth-order valence-corrected chi connectivity index (χ4v) is 7.07. The van der Waals surface area contributed by atoms with Crippen LogP contribution in [0.5, 0.6) is 0 Å². The molecule has 49 heavy (non-hydrogen) atoms. The van der Waals surface area contributed by atoms with Gasteiger partial charge in [-0.1, -0.05) is 127 Å². The molecule has 0 N–H and O–H groups in total. The number of benzene rings is 8. The summed E-state index contributed by atoms with van der Waals surface area (Å²) in [5.74, 6) is 0. The molecule has 0 aliphatic carbocycles. The molecule has 0 unspecified atom stereocenters. The van der Waals surface area contributed by atoms with Crippen molar-refractivity contribution in [1.29, 1.82) is 0 Å². The van der Waals surface area contributed by atoms with E-state index in [1.807, 2.05) is 126 Å². The molecule has 0 aliphatic heterocycles. The summed E-state index contributed by atoms with van der Waals surface area (Å²) in [4.78, 5) is 1.88. The highest BCUT2D eigenvalue weighted by Gasteiger charge is 2.21. The van der Waals surface area contributed by atoms with Crippen molar-refractivity contribution in [1.82, 2.24) is 0 Å². The summed E-state index contributed by atoms with van der Waals surface area (Å²) in [6.45, 7) is 0. The minimum absolute atomic E-state index is 0.0497. The summed E-state index contributed by atoms with van der Waals surface area (Å²) in [7, 11) is 0. The van der Waals surface area contributed by atoms with E-state index in [0.717, 1.165) is 49.0 Å². The van der Waals surface area contributed by atoms with Crippen molar-refractivity contribution in [2.45, 2.75) is 0 Å². The average molecular weight is 632 g/mol. The molecule has 0 saturated heterocycles. The summed E-state index contributed by atoms with van der Waals surface area (Å²) in [5, 5.41) is 5.55. The summed E-state index contributed by atoms with van der Waals surface area (Å²) in [6.07, 6.45) is 0. The Bertz CT molecular complexity index is 3060. The SMILES string of the molecule is [2H]c1c([2H])c(-c2cccc3c2oc2ccccc23)c([2H])c(N(c2ccc(-c3ccccc3)cc2)c2cccc3oc4c5ccccc5ccc4c23)c1[2H]. The van der Waals surface area contributed by atoms with E-state index >= 15 is 0 Å². The Kier molecular flexibility index (Phi) is 5.32. The van der Waals surface area contributed by atoms with Gasteiger partial charge in [0.25, 0.3) is 0 Å². The number of hydrogen-bond acceptors (Lipinski definition) is 3. The fraction of sp³-hybridized carbons (Fsp3) is 0. The van der Waals surface area contributed by atoms with E-state index in [2.05, 4.69) is 30.3 Å². The Labute approximate surface area is 288 Å². The molecule has 230 valence electrons. The Morgan fingerprint density at radius 3 is 2.06 bits per heavy atom. The molecule has 0 bridgehead atoms. The molecule has 2 heterocycles. The third kappa shape index (κ3) is 4.44. The van der Waals surface area contributed by atoms with Crippen LogP contribution in [0, 0.1) is 0 Å². The maximum Gasteiger partial charge on any atom is 0.143 e. The van der Waals surface area contributed by atoms with Gasteiger partial charge < -0.3 is 13.7 Å². The van der Waals surface area contributed by atoms with Crippen LogP contribution < -0.4 is 4.90 Å². The molecule has 10 aromatic rings. The first-order valence-corrected chi connectivity index (χ1v) is 16.3. The smallest absolute Gasteiger partial charge is 0.143 e. The van der Waals surface area contributed by atoms with Crippen molar-refractivity contribution >= 4 is 71.7 Å². The maximum absolute atomic E-state index is 9.89. The van der Waals surface area contributed by atoms with Crippen LogP contribution in [0.15, 0.2) is 185 Å². The van der Waals surface area contributed by atoms with Gasteiger partial charge in [-0.15, -0.1) is 0 Å². The molecule has 2 aromatic heterocycles. The largest absolute Gasteiger partial charge is 0.455 e. The lowest BCUT2D eigenvalue weighted by molar-refractivity contribution is 0.670. The predicted octanol–water partition coefficient (Wildman–Crippen LogP) is 13.4. The van der Waals surface area contributed by atoms with E-state index in [1.54, 1.807) is 0 Å². The molecule has 3 heteroatoms. The molecule has 0 radical (unpaired) electrons. The second-order valence-electron chi connectivity index (χ2n) is 12.2. The van der Waals surface area contributed by atoms with Crippen molar-refractivity contribution in [3.63, 3.8) is 0 Å². The molecule has 8 aromatic carbocycles. The lowest BCUT2D eigenvalue weighted by Gasteiger charge is -2.27. The molecule has 0 amide bonds. The van der Waals surface area contributed by atoms with Gasteiger partial charge in [-0.25, -0.2) is 0 Å². The molecule has 3 nitrogen and oxygen atoms in total. The van der Waals surface area contributed by atoms with E-state index in [0.29, 0.717) is 33.7 Å². The highest BCUT2D eigenvalue weighted by atomic mass is 16.3. The molecular weight excluding hydrogens is 599 g/mol. The van der Waals surface area contributed by atoms with E-state index in [9.17, 15) is 5.48 Å². The third-order valence-electron chi connectivity index (χ3n) is 9.35. The van der Waals surface area contributed by atoms with Crippen molar-refractivity contribution in [2.24, 2.45) is 0 Å². The second kappa shape index (κ2) is 11.0. The normalized spacial score (nSPS) is 12.8. The molecule has 0 saturated carbocycles. The zero-order valence-electron chi connectivity index (χ0n) is 30.2. The van der Waals surface area contributed by atoms with E-state index in [1.165, 1.54) is 0 Å². The van der Waals surface area contributed by atoms with Gasteiger partial charge in [0.05, 0.1) is 16.6 Å². The number of rotatable bonds is 5. The van der Waals surface area contributed by atoms with Crippen LogP contribution in [0.1, 0.15) is 5.48 Å². The quantitative estimate of drug-likeness (QED) is 0.189. The first-order chi connectivity index (χ1) is 26.0. The van der Waals surface area contributed by atoms with Gasteiger partial charge in [0.2, 0.25) is 0 Å². The van der Waals surface area contributed by atoms with E-state index < -0.39 is 0 Å². The number of furan rings is 2. The van der Waals surface area contributed by atoms with Crippen LogP contribution in [-0.4, -0.2) is 0 Å². The molecular formula is C46H29NO2. The van der Waals surface area contributed by atoms with Crippen LogP contribution in [0.2, 0.25) is 0 Å². The van der Waals surface area contributed by atoms with E-state index in [4.69, 9.17) is 8.83 Å². The topological polar surface area (TPSA) is 29.5 Å². The van der Waals surface area contributed by atoms with Crippen LogP contribution in [-0.2, 0) is 0 Å². The second-order valence-corrected chi connectivity index (χ2v) is 12.2. The van der Waals surface area contributed by atoms with Crippen molar-refractivity contribution < 1.29 is 14.3 Å². The average Bonchev–Trinajstić information content (AvgIpc) is 3.79. The first kappa shape index (κ1) is 23.7. The van der Waals surface area contributed by atoms with Gasteiger partial charge >= 0.3 is 0 Å². The first-order valence-electron chi connectivity index (χ1n) is 18.3. The number of fused-ring (bicyclic) bond motifs is 8. The van der Waals surface area contributed by atoms with Gasteiger partial charge in [-0.2, -0.15) is 0 Å². The number of nitrogens with zero attached hydrogens (tertiary/aromatic N) is 1. The monoisotopic (exact) mass is 631 g/mol. The fourth-order valence-electron chi connectivity index (χ4n) is 7.07. The highest BCUT2D eigenvalue weighted by molar-refractivity contribution is 6.19. The minimum atomic E-state index is -0.278. The lowest BCUT2D eigenvalue weighted by atomic mass is 10.0. The Hall–Kier alpha value is -6.58. The van der Waals surface area contributed by atoms with E-state index in [-0.39, 0.29) is 35.4 Å². The molecule has 0 aliphatic rings. The zero-order valence-corrected chi connectivity index (χ0v) is 26.2. The predicted molar refractivity (Wildman–Crippen MR) is 204 cm³/mol. The van der Waals surface area contributed by atoms with Gasteiger partial charge in [0.15, 0.2) is 0 Å². The lowest BCUT2D eigenvalue weighted by Crippen LogP contribution is -2.10. The third-order valence-corrected chi connectivity index (χ3v) is 9.35. The molecule has 10 rings (SSSR count). The van der Waals surface area contributed by atoms with Gasteiger partial charge in [0, 0.05) is 38.5 Å². The highest BCUT2D eigenvalue weighted by Crippen LogP contribution is 2.45. The maximum atomic E-state index is 9.89. The summed E-state index contributed by atoms with van der Waals surface area (Å²) < 4.78 is 50.6. The molecule has 0 atom stereocenters. The number of anilines is 3. The minimum Gasteiger partial charge on any atom is -0.455 e. The molecule has 0 spiro atoms. The van der Waals surface area contributed by atoms with Gasteiger partial charge in [0.1, 0.15) is 22.3 Å². The standard InChI is InChI=1S/C46H29NO2/c1-2-11-30(12-3-1)31-23-26-34(27-24-31)47(41-20-10-22-43-44(41)40-28-25-32-13-4-5-16-36(32)46(40)49-43)35-15-8-14-33(29-35)37-18-9-19-39-38-17-6-7-21-42(38)48-45(37)39/h1-29H/i8D,14D,15D,29D. The van der Waals surface area contributed by atoms with Crippen LogP contribution >= 0.6 is 0 Å². The van der Waals surface area contributed by atoms with Crippen LogP contribution in [0.3, 0.4) is 0 Å². The Morgan fingerprint density at radius 1 is 0.449 bits per heavy atom. The number of hydrogen-bond donors (Lipinski definition) is 0. The summed E-state index contributed by atoms with van der Waals surface area (Å²) in [6, 6.07) is 48.9. The van der Waals surface area contributed by atoms with Crippen LogP contribution in [0.25, 0.3) is 76.9 Å². The van der Waals surface area contributed by atoms with Gasteiger partial charge in [-0.05, 0) is 70.6 Å². The zero-order chi connectivity index (χ0) is 35.8. The number of para-hydroxylation sites is 2. The van der Waals surface area contributed by atoms with Crippen molar-refractivity contribution in [3.05, 3.63) is 176 Å². The Balaban J connectivity index is 1.28. The molecule has 0 fully saturated rings. The summed E-state index contributed by atoms with van der Waals surface area (Å²) >= 11 is 0. The van der Waals surface area contributed by atoms with Crippen molar-refractivity contribution in [2.75, 3.05) is 4.90 Å². The van der Waals surface area contributed by atoms with Crippen LogP contribution in [0.4, 0.5) is 17.1 Å². The summed E-state index contributed by atoms with van der Waals surface area (Å²) in [5.41, 5.74) is 7.05. The van der Waals surface area contributed by atoms with Crippen molar-refractivity contribution in [3.8, 4) is 22.3 Å².